The van der Waals surface area contributed by atoms with Gasteiger partial charge in [-0.2, -0.15) is 0 Å². The van der Waals surface area contributed by atoms with Crippen molar-refractivity contribution < 1.29 is 19.4 Å². The number of carboxylic acid groups (broad SMARTS) is 1. The average molecular weight is 353 g/mol. The standard InChI is InChI=1S/C21H23NO4/c1-14-6-2-4-8-16(14)18(12-21(24)25)22-20(23)13-19-17-9-5-3-7-15(17)10-11-26-19/h2-9,18-19H,10-13H2,1H3,(H,22,23)(H,24,25)/t18-,19-/m0/s1. The van der Waals surface area contributed by atoms with E-state index in [0.29, 0.717) is 6.61 Å². The minimum atomic E-state index is -0.946. The van der Waals surface area contributed by atoms with Gasteiger partial charge in [0.15, 0.2) is 0 Å². The number of hydrogen-bond acceptors (Lipinski definition) is 3. The molecule has 0 radical (unpaired) electrons. The molecule has 2 N–H and O–H groups in total. The smallest absolute Gasteiger partial charge is 0.305 e. The Kier molecular flexibility index (Phi) is 5.68. The Morgan fingerprint density at radius 2 is 1.92 bits per heavy atom. The lowest BCUT2D eigenvalue weighted by molar-refractivity contribution is -0.137. The van der Waals surface area contributed by atoms with Gasteiger partial charge in [0.1, 0.15) is 0 Å². The maximum atomic E-state index is 12.6. The Balaban J connectivity index is 1.73. The van der Waals surface area contributed by atoms with Gasteiger partial charge in [-0.25, -0.2) is 0 Å². The highest BCUT2D eigenvalue weighted by atomic mass is 16.5. The zero-order valence-electron chi connectivity index (χ0n) is 14.8. The van der Waals surface area contributed by atoms with E-state index in [1.807, 2.05) is 49.4 Å². The van der Waals surface area contributed by atoms with Crippen molar-refractivity contribution in [3.05, 3.63) is 70.8 Å². The number of aryl methyl sites for hydroxylation is 1. The summed E-state index contributed by atoms with van der Waals surface area (Å²) in [5.74, 6) is -1.15. The molecule has 1 heterocycles. The molecule has 1 aliphatic heterocycles. The van der Waals surface area contributed by atoms with Crippen LogP contribution in [-0.4, -0.2) is 23.6 Å². The van der Waals surface area contributed by atoms with Crippen LogP contribution in [0.3, 0.4) is 0 Å². The second-order valence-electron chi connectivity index (χ2n) is 6.59. The summed E-state index contributed by atoms with van der Waals surface area (Å²) >= 11 is 0. The molecule has 1 aliphatic rings. The lowest BCUT2D eigenvalue weighted by Crippen LogP contribution is -2.32. The summed E-state index contributed by atoms with van der Waals surface area (Å²) in [7, 11) is 0. The number of ether oxygens (including phenoxy) is 1. The zero-order valence-corrected chi connectivity index (χ0v) is 14.8. The SMILES string of the molecule is Cc1ccccc1[C@H](CC(=O)O)NC(=O)C[C@@H]1OCCc2ccccc21. The number of aliphatic carboxylic acids is 1. The molecule has 2 aromatic carbocycles. The topological polar surface area (TPSA) is 75.6 Å². The first-order chi connectivity index (χ1) is 12.5. The van der Waals surface area contributed by atoms with E-state index < -0.39 is 12.0 Å². The molecule has 0 aromatic heterocycles. The van der Waals surface area contributed by atoms with Gasteiger partial charge in [0.2, 0.25) is 5.91 Å². The number of amides is 1. The van der Waals surface area contributed by atoms with Gasteiger partial charge >= 0.3 is 5.97 Å². The number of fused-ring (bicyclic) bond motifs is 1. The predicted octanol–water partition coefficient (Wildman–Crippen LogP) is 3.33. The van der Waals surface area contributed by atoms with Gasteiger partial charge in [0, 0.05) is 0 Å². The summed E-state index contributed by atoms with van der Waals surface area (Å²) in [5.41, 5.74) is 4.03. The Hall–Kier alpha value is -2.66. The molecule has 5 nitrogen and oxygen atoms in total. The number of hydrogen-bond donors (Lipinski definition) is 2. The molecule has 0 spiro atoms. The number of benzene rings is 2. The minimum Gasteiger partial charge on any atom is -0.481 e. The van der Waals surface area contributed by atoms with E-state index in [2.05, 4.69) is 11.4 Å². The van der Waals surface area contributed by atoms with Crippen LogP contribution < -0.4 is 5.32 Å². The van der Waals surface area contributed by atoms with Crippen LogP contribution >= 0.6 is 0 Å². The molecule has 5 heteroatoms. The molecule has 2 atom stereocenters. The summed E-state index contributed by atoms with van der Waals surface area (Å²) in [6, 6.07) is 14.9. The molecular formula is C21H23NO4. The van der Waals surface area contributed by atoms with E-state index >= 15 is 0 Å². The van der Waals surface area contributed by atoms with Gasteiger partial charge in [-0.05, 0) is 35.6 Å². The van der Waals surface area contributed by atoms with Crippen LogP contribution in [0.4, 0.5) is 0 Å². The van der Waals surface area contributed by atoms with Crippen molar-refractivity contribution in [2.24, 2.45) is 0 Å². The normalized spacial score (nSPS) is 17.2. The van der Waals surface area contributed by atoms with E-state index in [-0.39, 0.29) is 24.9 Å². The van der Waals surface area contributed by atoms with Gasteiger partial charge in [0.05, 0.1) is 31.6 Å². The highest BCUT2D eigenvalue weighted by Gasteiger charge is 2.25. The fourth-order valence-corrected chi connectivity index (χ4v) is 3.46. The van der Waals surface area contributed by atoms with Crippen molar-refractivity contribution in [2.75, 3.05) is 6.61 Å². The van der Waals surface area contributed by atoms with Gasteiger partial charge in [0.25, 0.3) is 0 Å². The first-order valence-corrected chi connectivity index (χ1v) is 8.80. The van der Waals surface area contributed by atoms with E-state index in [0.717, 1.165) is 23.1 Å². The van der Waals surface area contributed by atoms with Crippen LogP contribution in [0.5, 0.6) is 0 Å². The molecule has 0 bridgehead atoms. The lowest BCUT2D eigenvalue weighted by atomic mass is 9.95. The molecule has 2 aromatic rings. The summed E-state index contributed by atoms with van der Waals surface area (Å²) in [5, 5.41) is 12.1. The monoisotopic (exact) mass is 353 g/mol. The summed E-state index contributed by atoms with van der Waals surface area (Å²) < 4.78 is 5.79. The fraction of sp³-hybridized carbons (Fsp3) is 0.333. The molecular weight excluding hydrogens is 330 g/mol. The van der Waals surface area contributed by atoms with Gasteiger partial charge in [-0.15, -0.1) is 0 Å². The highest BCUT2D eigenvalue weighted by Crippen LogP contribution is 2.30. The average Bonchev–Trinajstić information content (AvgIpc) is 2.61. The van der Waals surface area contributed by atoms with Crippen molar-refractivity contribution in [1.29, 1.82) is 0 Å². The summed E-state index contributed by atoms with van der Waals surface area (Å²) in [6.07, 6.45) is 0.582. The first-order valence-electron chi connectivity index (χ1n) is 8.80. The maximum absolute atomic E-state index is 12.6. The Morgan fingerprint density at radius 1 is 1.19 bits per heavy atom. The van der Waals surface area contributed by atoms with Crippen LogP contribution in [0.25, 0.3) is 0 Å². The number of carbonyl (C=O) groups is 2. The summed E-state index contributed by atoms with van der Waals surface area (Å²) in [6.45, 7) is 2.50. The molecule has 1 amide bonds. The zero-order chi connectivity index (χ0) is 18.5. The molecule has 0 unspecified atom stereocenters. The van der Waals surface area contributed by atoms with E-state index in [4.69, 9.17) is 4.74 Å². The number of rotatable bonds is 6. The molecule has 136 valence electrons. The van der Waals surface area contributed by atoms with Gasteiger partial charge in [-0.1, -0.05) is 48.5 Å². The molecule has 0 saturated carbocycles. The number of carboxylic acids is 1. The van der Waals surface area contributed by atoms with E-state index in [1.165, 1.54) is 5.56 Å². The van der Waals surface area contributed by atoms with E-state index in [9.17, 15) is 14.7 Å². The Morgan fingerprint density at radius 3 is 2.69 bits per heavy atom. The highest BCUT2D eigenvalue weighted by molar-refractivity contribution is 5.78. The number of carbonyl (C=O) groups excluding carboxylic acids is 1. The van der Waals surface area contributed by atoms with Crippen molar-refractivity contribution in [1.82, 2.24) is 5.32 Å². The minimum absolute atomic E-state index is 0.154. The maximum Gasteiger partial charge on any atom is 0.305 e. The lowest BCUT2D eigenvalue weighted by Gasteiger charge is -2.27. The van der Waals surface area contributed by atoms with Crippen molar-refractivity contribution in [3.8, 4) is 0 Å². The molecule has 26 heavy (non-hydrogen) atoms. The predicted molar refractivity (Wildman–Crippen MR) is 97.8 cm³/mol. The van der Waals surface area contributed by atoms with Gasteiger partial charge in [-0.3, -0.25) is 9.59 Å². The van der Waals surface area contributed by atoms with Crippen molar-refractivity contribution in [2.45, 2.75) is 38.3 Å². The third-order valence-corrected chi connectivity index (χ3v) is 4.74. The van der Waals surface area contributed by atoms with E-state index in [1.54, 1.807) is 0 Å². The van der Waals surface area contributed by atoms with Crippen LogP contribution in [0.15, 0.2) is 48.5 Å². The van der Waals surface area contributed by atoms with Crippen LogP contribution in [0.1, 0.15) is 47.2 Å². The summed E-state index contributed by atoms with van der Waals surface area (Å²) in [4.78, 5) is 23.9. The third kappa shape index (κ3) is 4.29. The Labute approximate surface area is 153 Å². The fourth-order valence-electron chi connectivity index (χ4n) is 3.46. The second-order valence-corrected chi connectivity index (χ2v) is 6.59. The van der Waals surface area contributed by atoms with Crippen LogP contribution in [-0.2, 0) is 20.7 Å². The molecule has 0 fully saturated rings. The Bertz CT molecular complexity index is 802. The van der Waals surface area contributed by atoms with Crippen molar-refractivity contribution in [3.63, 3.8) is 0 Å². The van der Waals surface area contributed by atoms with Crippen LogP contribution in [0.2, 0.25) is 0 Å². The molecule has 0 aliphatic carbocycles. The number of nitrogens with one attached hydrogen (secondary N) is 1. The first kappa shape index (κ1) is 18.1. The molecule has 0 saturated heterocycles. The van der Waals surface area contributed by atoms with Crippen LogP contribution in [0, 0.1) is 6.92 Å². The van der Waals surface area contributed by atoms with Crippen molar-refractivity contribution >= 4 is 11.9 Å². The quantitative estimate of drug-likeness (QED) is 0.835. The molecule has 3 rings (SSSR count). The second kappa shape index (κ2) is 8.15. The largest absolute Gasteiger partial charge is 0.481 e. The van der Waals surface area contributed by atoms with Gasteiger partial charge < -0.3 is 15.2 Å². The third-order valence-electron chi connectivity index (χ3n) is 4.74.